The number of hydrogen-bond acceptors (Lipinski definition) is 1. The zero-order chi connectivity index (χ0) is 0. The van der Waals surface area contributed by atoms with E-state index in [1.54, 1.807) is 0 Å². The zero-order valence-corrected chi connectivity index (χ0v) is 6.27. The Bertz CT molecular complexity index is 4.14. The Morgan fingerprint density at radius 2 is 0.571 bits per heavy atom. The minimum Gasteiger partial charge on any atom is -2.00 e. The molecule has 0 rings (SSSR count). The molecule has 0 atom stereocenters. The van der Waals surface area contributed by atoms with E-state index >= 15 is 0 Å². The molecule has 9 N–H and O–H groups in total. The van der Waals surface area contributed by atoms with Crippen LogP contribution in [0.25, 0.3) is 0 Å². The fourth-order valence-electron chi connectivity index (χ4n) is 0. The van der Waals surface area contributed by atoms with Gasteiger partial charge in [-0.15, -0.1) is 0 Å². The van der Waals surface area contributed by atoms with Crippen LogP contribution in [0, 0.1) is 0 Å². The average Bonchev–Trinajstić information content (AvgIpc) is 0. The molecule has 0 bridgehead atoms. The molecule has 0 amide bonds. The van der Waals surface area contributed by atoms with E-state index in [0.717, 1.165) is 0 Å². The largest absolute Gasteiger partial charge is 3.00 e. The fraction of sp³-hybridized carbons (Fsp3) is 0. The normalized spacial score (nSPS) is 0. The van der Waals surface area contributed by atoms with Gasteiger partial charge >= 0.3 is 32.7 Å². The van der Waals surface area contributed by atoms with Crippen molar-refractivity contribution in [3.8, 4) is 0 Å². The topological polar surface area (TPSA) is 184 Å². The molecule has 48 valence electrons. The summed E-state index contributed by atoms with van der Waals surface area (Å²) >= 11 is 0. The van der Waals surface area contributed by atoms with Crippen molar-refractivity contribution in [1.82, 2.24) is 0 Å². The van der Waals surface area contributed by atoms with E-state index in [1.165, 1.54) is 0 Å². The molecule has 7 heteroatoms. The van der Waals surface area contributed by atoms with Gasteiger partial charge in [0.15, 0.2) is 0 Å². The second kappa shape index (κ2) is 316. The second-order valence-corrected chi connectivity index (χ2v) is 0. The van der Waals surface area contributed by atoms with Gasteiger partial charge in [-0.2, -0.15) is 0 Å². The summed E-state index contributed by atoms with van der Waals surface area (Å²) in [6, 6.07) is 0. The standard InChI is InChI=1S/5H2O.O.Y/h5*1H2;;/q;;;;;-2;+3/p-1. The van der Waals surface area contributed by atoms with Crippen molar-refractivity contribution in [2.24, 2.45) is 0 Å². The SMILES string of the molecule is O.O.O.O.[O-2].[OH-].[Y+3]. The molecule has 0 saturated heterocycles. The quantitative estimate of drug-likeness (QED) is 0.379. The molecule has 0 aromatic heterocycles. The van der Waals surface area contributed by atoms with Gasteiger partial charge in [-0.25, -0.2) is 0 Å². The van der Waals surface area contributed by atoms with Crippen molar-refractivity contribution in [2.75, 3.05) is 0 Å². The predicted molar refractivity (Wildman–Crippen MR) is 17.1 cm³/mol. The van der Waals surface area contributed by atoms with Crippen LogP contribution in [0.15, 0.2) is 0 Å². The predicted octanol–water partition coefficient (Wildman–Crippen LogP) is -3.60. The third-order valence-electron chi connectivity index (χ3n) is 0. The molecule has 0 aliphatic rings. The first-order valence-corrected chi connectivity index (χ1v) is 0. The Hall–Kier alpha value is 0.864. The van der Waals surface area contributed by atoms with Gasteiger partial charge < -0.3 is 32.9 Å². The van der Waals surface area contributed by atoms with Crippen molar-refractivity contribution < 1.29 is 65.6 Å². The van der Waals surface area contributed by atoms with Crippen LogP contribution in [-0.4, -0.2) is 27.4 Å². The van der Waals surface area contributed by atoms with Gasteiger partial charge in [-0.05, 0) is 0 Å². The van der Waals surface area contributed by atoms with Crippen molar-refractivity contribution in [3.63, 3.8) is 0 Å². The molecule has 0 fully saturated rings. The van der Waals surface area contributed by atoms with Crippen LogP contribution in [0.1, 0.15) is 0 Å². The Kier molecular flexibility index (Phi) is 22400. The maximum absolute atomic E-state index is 0. The third kappa shape index (κ3) is 218. The van der Waals surface area contributed by atoms with Crippen LogP contribution in [0.3, 0.4) is 0 Å². The molecule has 0 heterocycles. The molecule has 7 heavy (non-hydrogen) atoms. The maximum Gasteiger partial charge on any atom is 3.00 e. The summed E-state index contributed by atoms with van der Waals surface area (Å²) < 4.78 is 0. The van der Waals surface area contributed by atoms with Gasteiger partial charge in [0.25, 0.3) is 0 Å². The Morgan fingerprint density at radius 1 is 0.571 bits per heavy atom. The number of hydrogen-bond donors (Lipinski definition) is 0. The molecule has 0 aromatic rings. The molecule has 0 aromatic carbocycles. The van der Waals surface area contributed by atoms with E-state index in [0.29, 0.717) is 0 Å². The monoisotopic (exact) mass is 194 g/mol. The van der Waals surface area contributed by atoms with Crippen molar-refractivity contribution >= 4 is 0 Å². The first-order chi connectivity index (χ1) is 0. The summed E-state index contributed by atoms with van der Waals surface area (Å²) in [6.45, 7) is 0. The molecule has 6 nitrogen and oxygen atoms in total. The summed E-state index contributed by atoms with van der Waals surface area (Å²) in [5.41, 5.74) is 0. The van der Waals surface area contributed by atoms with Gasteiger partial charge in [0.1, 0.15) is 0 Å². The summed E-state index contributed by atoms with van der Waals surface area (Å²) in [5, 5.41) is 0. The van der Waals surface area contributed by atoms with Crippen molar-refractivity contribution in [2.45, 2.75) is 0 Å². The van der Waals surface area contributed by atoms with Crippen LogP contribution in [-0.2, 0) is 38.2 Å². The Balaban J connectivity index is 0. The van der Waals surface area contributed by atoms with Gasteiger partial charge in [0, 0.05) is 0 Å². The van der Waals surface area contributed by atoms with Gasteiger partial charge in [0.05, 0.1) is 0 Å². The number of rotatable bonds is 0. The summed E-state index contributed by atoms with van der Waals surface area (Å²) in [7, 11) is 0. The van der Waals surface area contributed by atoms with E-state index in [9.17, 15) is 0 Å². The van der Waals surface area contributed by atoms with Crippen LogP contribution >= 0.6 is 0 Å². The summed E-state index contributed by atoms with van der Waals surface area (Å²) in [4.78, 5) is 0. The third-order valence-corrected chi connectivity index (χ3v) is 0. The van der Waals surface area contributed by atoms with Gasteiger partial charge in [0.2, 0.25) is 0 Å². The molecule has 0 unspecified atom stereocenters. The first-order valence-electron chi connectivity index (χ1n) is 0. The summed E-state index contributed by atoms with van der Waals surface area (Å²) in [6.07, 6.45) is 0. The zero-order valence-electron chi connectivity index (χ0n) is 3.43. The Morgan fingerprint density at radius 3 is 0.571 bits per heavy atom. The minimum atomic E-state index is 0. The maximum atomic E-state index is 0. The molecular formula is H9O6Y. The second-order valence-electron chi connectivity index (χ2n) is 0. The smallest absolute Gasteiger partial charge is 2.00 e. The van der Waals surface area contributed by atoms with E-state index < -0.39 is 0 Å². The van der Waals surface area contributed by atoms with Crippen LogP contribution in [0.5, 0.6) is 0 Å². The van der Waals surface area contributed by atoms with E-state index in [2.05, 4.69) is 0 Å². The molecule has 0 spiro atoms. The minimum absolute atomic E-state index is 0. The van der Waals surface area contributed by atoms with E-state index in [1.807, 2.05) is 0 Å². The van der Waals surface area contributed by atoms with Gasteiger partial charge in [-0.1, -0.05) is 0 Å². The fourth-order valence-corrected chi connectivity index (χ4v) is 0. The molecule has 0 radical (unpaired) electrons. The molecular weight excluding hydrogens is 185 g/mol. The first kappa shape index (κ1) is 496. The van der Waals surface area contributed by atoms with Crippen LogP contribution in [0.2, 0.25) is 0 Å². The summed E-state index contributed by atoms with van der Waals surface area (Å²) in [5.74, 6) is 0. The molecule has 0 saturated carbocycles. The van der Waals surface area contributed by atoms with Crippen LogP contribution in [0.4, 0.5) is 0 Å². The van der Waals surface area contributed by atoms with Gasteiger partial charge in [-0.3, -0.25) is 0 Å². The average molecular weight is 194 g/mol. The van der Waals surface area contributed by atoms with Crippen molar-refractivity contribution in [3.05, 3.63) is 0 Å². The van der Waals surface area contributed by atoms with Crippen molar-refractivity contribution in [1.29, 1.82) is 0 Å². The van der Waals surface area contributed by atoms with E-state index in [4.69, 9.17) is 0 Å². The molecule has 0 aliphatic heterocycles. The molecule has 0 aliphatic carbocycles. The van der Waals surface area contributed by atoms with E-state index in [-0.39, 0.29) is 65.6 Å². The Labute approximate surface area is 65.6 Å². The van der Waals surface area contributed by atoms with Crippen LogP contribution < -0.4 is 0 Å².